The summed E-state index contributed by atoms with van der Waals surface area (Å²) in [6.45, 7) is 3.08. The molecule has 2 heterocycles. The van der Waals surface area contributed by atoms with Crippen LogP contribution in [-0.2, 0) is 0 Å². The summed E-state index contributed by atoms with van der Waals surface area (Å²) in [4.78, 5) is 21.9. The van der Waals surface area contributed by atoms with Crippen molar-refractivity contribution in [2.24, 2.45) is 0 Å². The molecule has 0 atom stereocenters. The Kier molecular flexibility index (Phi) is 6.54. The topological polar surface area (TPSA) is 84.3 Å². The normalized spacial score (nSPS) is 12.0. The van der Waals surface area contributed by atoms with E-state index < -0.39 is 17.9 Å². The van der Waals surface area contributed by atoms with Crippen molar-refractivity contribution >= 4 is 28.8 Å². The number of rotatable bonds is 6. The second kappa shape index (κ2) is 8.81. The van der Waals surface area contributed by atoms with Crippen molar-refractivity contribution in [2.75, 3.05) is 6.54 Å². The van der Waals surface area contributed by atoms with Gasteiger partial charge in [-0.1, -0.05) is 11.6 Å². The number of aliphatic hydroxyl groups is 1. The van der Waals surface area contributed by atoms with Crippen molar-refractivity contribution < 1.29 is 27.8 Å². The van der Waals surface area contributed by atoms with Crippen LogP contribution < -0.4 is 10.1 Å². The molecule has 3 rings (SSSR count). The van der Waals surface area contributed by atoms with Gasteiger partial charge in [-0.05, 0) is 56.3 Å². The molecule has 0 unspecified atom stereocenters. The molecule has 2 N–H and O–H groups in total. The number of nitrogens with zero attached hydrogens (tertiary/aromatic N) is 2. The number of aromatic nitrogens is 2. The summed E-state index contributed by atoms with van der Waals surface area (Å²) in [5.41, 5.74) is -0.313. The molecule has 0 aliphatic rings. The maximum Gasteiger partial charge on any atom is 0.573 e. The Morgan fingerprint density at radius 2 is 1.84 bits per heavy atom. The molecule has 164 valence electrons. The first kappa shape index (κ1) is 23.0. The first-order chi connectivity index (χ1) is 14.4. The molecule has 11 heteroatoms. The molecule has 0 spiro atoms. The van der Waals surface area contributed by atoms with E-state index in [-0.39, 0.29) is 23.8 Å². The predicted molar refractivity (Wildman–Crippen MR) is 111 cm³/mol. The van der Waals surface area contributed by atoms with E-state index in [0.29, 0.717) is 20.5 Å². The fourth-order valence-electron chi connectivity index (χ4n) is 2.47. The van der Waals surface area contributed by atoms with Gasteiger partial charge in [-0.25, -0.2) is 9.97 Å². The molecule has 0 fully saturated rings. The van der Waals surface area contributed by atoms with Crippen LogP contribution in [-0.4, -0.2) is 39.5 Å². The summed E-state index contributed by atoms with van der Waals surface area (Å²) in [6.07, 6.45) is -4.80. The van der Waals surface area contributed by atoms with Crippen LogP contribution in [0.15, 0.2) is 42.5 Å². The highest BCUT2D eigenvalue weighted by atomic mass is 35.5. The first-order valence-corrected chi connectivity index (χ1v) is 10.1. The van der Waals surface area contributed by atoms with Crippen molar-refractivity contribution in [2.45, 2.75) is 25.8 Å². The molecule has 1 amide bonds. The van der Waals surface area contributed by atoms with E-state index in [4.69, 9.17) is 11.6 Å². The lowest BCUT2D eigenvalue weighted by Gasteiger charge is -2.17. The van der Waals surface area contributed by atoms with Gasteiger partial charge in [-0.2, -0.15) is 0 Å². The highest BCUT2D eigenvalue weighted by Gasteiger charge is 2.31. The third kappa shape index (κ3) is 6.65. The number of alkyl halides is 3. The van der Waals surface area contributed by atoms with Gasteiger partial charge in [0, 0.05) is 12.1 Å². The zero-order valence-corrected chi connectivity index (χ0v) is 17.9. The maximum absolute atomic E-state index is 12.6. The van der Waals surface area contributed by atoms with Crippen molar-refractivity contribution in [1.29, 1.82) is 0 Å². The Morgan fingerprint density at radius 3 is 2.39 bits per heavy atom. The summed E-state index contributed by atoms with van der Waals surface area (Å²) >= 11 is 7.20. The van der Waals surface area contributed by atoms with Crippen LogP contribution in [0.4, 0.5) is 13.2 Å². The Labute approximate surface area is 184 Å². The number of carbonyl (C=O) groups excluding carboxylic acids is 1. The third-order valence-electron chi connectivity index (χ3n) is 3.82. The fourth-order valence-corrected chi connectivity index (χ4v) is 3.45. The van der Waals surface area contributed by atoms with Crippen LogP contribution in [0.2, 0.25) is 4.34 Å². The van der Waals surface area contributed by atoms with E-state index in [1.54, 1.807) is 26.0 Å². The largest absolute Gasteiger partial charge is 0.573 e. The Balaban J connectivity index is 1.98. The zero-order valence-electron chi connectivity index (χ0n) is 16.3. The molecule has 3 aromatic rings. The van der Waals surface area contributed by atoms with E-state index >= 15 is 0 Å². The average molecular weight is 472 g/mol. The van der Waals surface area contributed by atoms with Gasteiger partial charge in [0.1, 0.15) is 11.4 Å². The Bertz CT molecular complexity index is 1080. The van der Waals surface area contributed by atoms with E-state index in [1.165, 1.54) is 29.5 Å². The van der Waals surface area contributed by atoms with Gasteiger partial charge >= 0.3 is 6.36 Å². The van der Waals surface area contributed by atoms with E-state index in [2.05, 4.69) is 20.0 Å². The molecule has 1 aromatic carbocycles. The van der Waals surface area contributed by atoms with Gasteiger partial charge in [0.2, 0.25) is 0 Å². The van der Waals surface area contributed by atoms with Crippen LogP contribution in [0.25, 0.3) is 22.0 Å². The third-order valence-corrected chi connectivity index (χ3v) is 5.04. The number of ether oxygens (including phenoxy) is 1. The minimum absolute atomic E-state index is 0.00515. The number of benzene rings is 1. The standard InChI is InChI=1S/C20H17ClF3N3O3S/c1-19(2,29)10-25-18(28)14-9-13(26-17(27-14)15-7-8-16(21)31-15)11-3-5-12(6-4-11)30-20(22,23)24/h3-9,29H,10H2,1-2H3,(H,25,28). The van der Waals surface area contributed by atoms with Gasteiger partial charge in [-0.15, -0.1) is 24.5 Å². The van der Waals surface area contributed by atoms with Crippen LogP contribution in [0.5, 0.6) is 5.75 Å². The van der Waals surface area contributed by atoms with Gasteiger partial charge in [0.15, 0.2) is 5.82 Å². The van der Waals surface area contributed by atoms with Gasteiger partial charge in [0.05, 0.1) is 20.5 Å². The lowest BCUT2D eigenvalue weighted by atomic mass is 10.1. The Hall–Kier alpha value is -2.69. The molecule has 0 saturated carbocycles. The van der Waals surface area contributed by atoms with E-state index in [1.807, 2.05) is 0 Å². The highest BCUT2D eigenvalue weighted by Crippen LogP contribution is 2.31. The van der Waals surface area contributed by atoms with E-state index in [0.717, 1.165) is 12.1 Å². The lowest BCUT2D eigenvalue weighted by Crippen LogP contribution is -2.38. The summed E-state index contributed by atoms with van der Waals surface area (Å²) < 4.78 is 41.6. The molecule has 0 radical (unpaired) electrons. The van der Waals surface area contributed by atoms with Crippen molar-refractivity contribution in [3.8, 4) is 27.7 Å². The highest BCUT2D eigenvalue weighted by molar-refractivity contribution is 7.19. The fraction of sp³-hybridized carbons (Fsp3) is 0.250. The first-order valence-electron chi connectivity index (χ1n) is 8.91. The summed E-state index contributed by atoms with van der Waals surface area (Å²) in [7, 11) is 0. The molecule has 2 aromatic heterocycles. The zero-order chi connectivity index (χ0) is 22.8. The van der Waals surface area contributed by atoms with E-state index in [9.17, 15) is 23.1 Å². The summed E-state index contributed by atoms with van der Waals surface area (Å²) in [5, 5.41) is 12.4. The number of amides is 1. The van der Waals surface area contributed by atoms with Gasteiger partial charge in [0.25, 0.3) is 5.91 Å². The van der Waals surface area contributed by atoms with Crippen LogP contribution in [0.3, 0.4) is 0 Å². The second-order valence-electron chi connectivity index (χ2n) is 7.13. The van der Waals surface area contributed by atoms with Crippen molar-refractivity contribution in [3.05, 3.63) is 52.5 Å². The SMILES string of the molecule is CC(C)(O)CNC(=O)c1cc(-c2ccc(OC(F)(F)F)cc2)nc(-c2ccc(Cl)s2)n1. The number of nitrogens with one attached hydrogen (secondary N) is 1. The van der Waals surface area contributed by atoms with Crippen LogP contribution in [0, 0.1) is 0 Å². The van der Waals surface area contributed by atoms with Crippen molar-refractivity contribution in [1.82, 2.24) is 15.3 Å². The molecular formula is C20H17ClF3N3O3S. The quantitative estimate of drug-likeness (QED) is 0.533. The molecular weight excluding hydrogens is 455 g/mol. The van der Waals surface area contributed by atoms with Gasteiger partial charge in [-0.3, -0.25) is 4.79 Å². The van der Waals surface area contributed by atoms with Crippen LogP contribution in [0.1, 0.15) is 24.3 Å². The van der Waals surface area contributed by atoms with Crippen LogP contribution >= 0.6 is 22.9 Å². The minimum atomic E-state index is -4.80. The molecule has 31 heavy (non-hydrogen) atoms. The maximum atomic E-state index is 12.6. The lowest BCUT2D eigenvalue weighted by molar-refractivity contribution is -0.274. The average Bonchev–Trinajstić information content (AvgIpc) is 3.11. The molecule has 6 nitrogen and oxygen atoms in total. The predicted octanol–water partition coefficient (Wildman–Crippen LogP) is 4.92. The number of carbonyl (C=O) groups is 1. The smallest absolute Gasteiger partial charge is 0.406 e. The Morgan fingerprint density at radius 1 is 1.16 bits per heavy atom. The second-order valence-corrected chi connectivity index (χ2v) is 8.85. The minimum Gasteiger partial charge on any atom is -0.406 e. The monoisotopic (exact) mass is 471 g/mol. The molecule has 0 saturated heterocycles. The number of halogens is 4. The summed E-state index contributed by atoms with van der Waals surface area (Å²) in [6, 6.07) is 9.87. The molecule has 0 aliphatic carbocycles. The number of hydrogen-bond acceptors (Lipinski definition) is 6. The number of thiophene rings is 1. The number of hydrogen-bond donors (Lipinski definition) is 2. The van der Waals surface area contributed by atoms with Crippen molar-refractivity contribution in [3.63, 3.8) is 0 Å². The molecule has 0 aliphatic heterocycles. The summed E-state index contributed by atoms with van der Waals surface area (Å²) in [5.74, 6) is -0.677. The van der Waals surface area contributed by atoms with Gasteiger partial charge < -0.3 is 15.2 Å². The molecule has 0 bridgehead atoms.